The van der Waals surface area contributed by atoms with Crippen molar-refractivity contribution in [2.24, 2.45) is 5.92 Å². The van der Waals surface area contributed by atoms with Crippen LogP contribution in [0.15, 0.2) is 30.3 Å². The largest absolute Gasteiger partial charge is 0.312 e. The lowest BCUT2D eigenvalue weighted by Crippen LogP contribution is -2.16. The van der Waals surface area contributed by atoms with Crippen LogP contribution in [-0.4, -0.2) is 7.05 Å². The fraction of sp³-hybridized carbons (Fsp3) is 0.333. The molecule has 1 N–H and O–H groups in total. The summed E-state index contributed by atoms with van der Waals surface area (Å²) >= 11 is 4.02. The molecule has 1 aliphatic carbocycles. The van der Waals surface area contributed by atoms with E-state index in [0.717, 1.165) is 15.1 Å². The minimum atomic E-state index is -0.170. The van der Waals surface area contributed by atoms with Crippen molar-refractivity contribution >= 4 is 33.9 Å². The topological polar surface area (TPSA) is 12.0 Å². The summed E-state index contributed by atoms with van der Waals surface area (Å²) in [4.78, 5) is 2.61. The fourth-order valence-corrected chi connectivity index (χ4v) is 4.60. The van der Waals surface area contributed by atoms with Crippen molar-refractivity contribution in [3.63, 3.8) is 0 Å². The van der Waals surface area contributed by atoms with Gasteiger partial charge in [0.15, 0.2) is 0 Å². The van der Waals surface area contributed by atoms with E-state index >= 15 is 0 Å². The Morgan fingerprint density at radius 2 is 2.11 bits per heavy atom. The summed E-state index contributed by atoms with van der Waals surface area (Å²) in [5.74, 6) is 0.625. The smallest absolute Gasteiger partial charge is 0.124 e. The first-order chi connectivity index (χ1) is 9.19. The molecule has 0 amide bonds. The fourth-order valence-electron chi connectivity index (χ4n) is 2.39. The number of thiophene rings is 1. The molecule has 1 aromatic heterocycles. The Hall–Kier alpha value is -0.460. The Balaban J connectivity index is 1.91. The molecule has 3 rings (SSSR count). The van der Waals surface area contributed by atoms with E-state index in [1.54, 1.807) is 6.07 Å². The second-order valence-corrected chi connectivity index (χ2v) is 7.21. The van der Waals surface area contributed by atoms with Gasteiger partial charge < -0.3 is 5.32 Å². The minimum Gasteiger partial charge on any atom is -0.312 e. The molecule has 100 valence electrons. The molecule has 1 heterocycles. The van der Waals surface area contributed by atoms with E-state index in [1.807, 2.05) is 24.5 Å². The van der Waals surface area contributed by atoms with Crippen LogP contribution in [0.5, 0.6) is 0 Å². The van der Waals surface area contributed by atoms with Gasteiger partial charge in [0.05, 0.1) is 0 Å². The molecule has 0 radical (unpaired) electrons. The van der Waals surface area contributed by atoms with Gasteiger partial charge in [-0.3, -0.25) is 0 Å². The number of rotatable bonds is 4. The second-order valence-electron chi connectivity index (χ2n) is 4.93. The molecule has 1 fully saturated rings. The van der Waals surface area contributed by atoms with E-state index in [-0.39, 0.29) is 5.82 Å². The summed E-state index contributed by atoms with van der Waals surface area (Å²) in [6.45, 7) is 0. The third-order valence-electron chi connectivity index (χ3n) is 3.53. The maximum Gasteiger partial charge on any atom is 0.124 e. The van der Waals surface area contributed by atoms with Crippen LogP contribution in [0.3, 0.4) is 0 Å². The van der Waals surface area contributed by atoms with Crippen molar-refractivity contribution in [1.29, 1.82) is 0 Å². The van der Waals surface area contributed by atoms with Gasteiger partial charge in [-0.1, -0.05) is 0 Å². The van der Waals surface area contributed by atoms with Crippen LogP contribution in [0.25, 0.3) is 10.4 Å². The normalized spacial score (nSPS) is 16.6. The molecular weight excluding hydrogens is 372 g/mol. The lowest BCUT2D eigenvalue weighted by Gasteiger charge is -2.12. The standard InChI is InChI=1S/C15H15FINS/c1-18-15(9-2-3-9)14-7-6-13(19-14)11-5-4-10(16)8-12(11)17/h4-9,15,18H,2-3H2,1H3. The number of halogens is 2. The molecule has 2 aromatic rings. The van der Waals surface area contributed by atoms with Gasteiger partial charge in [-0.15, -0.1) is 11.3 Å². The Morgan fingerprint density at radius 1 is 1.32 bits per heavy atom. The summed E-state index contributed by atoms with van der Waals surface area (Å²) in [6, 6.07) is 9.84. The first-order valence-electron chi connectivity index (χ1n) is 6.41. The average Bonchev–Trinajstić information content (AvgIpc) is 3.09. The third-order valence-corrected chi connectivity index (χ3v) is 5.63. The van der Waals surface area contributed by atoms with E-state index < -0.39 is 0 Å². The van der Waals surface area contributed by atoms with Gasteiger partial charge in [0, 0.05) is 24.9 Å². The van der Waals surface area contributed by atoms with Gasteiger partial charge in [-0.05, 0) is 78.7 Å². The SMILES string of the molecule is CNC(c1ccc(-c2ccc(F)cc2I)s1)C1CC1. The summed E-state index contributed by atoms with van der Waals surface area (Å²) in [6.07, 6.45) is 2.65. The Bertz CT molecular complexity index is 592. The zero-order valence-electron chi connectivity index (χ0n) is 10.6. The van der Waals surface area contributed by atoms with E-state index in [9.17, 15) is 4.39 Å². The Morgan fingerprint density at radius 3 is 2.74 bits per heavy atom. The minimum absolute atomic E-state index is 0.170. The molecule has 4 heteroatoms. The van der Waals surface area contributed by atoms with E-state index in [1.165, 1.54) is 28.7 Å². The first kappa shape index (κ1) is 13.5. The summed E-state index contributed by atoms with van der Waals surface area (Å²) < 4.78 is 14.1. The lowest BCUT2D eigenvalue weighted by molar-refractivity contribution is 0.537. The van der Waals surface area contributed by atoms with Gasteiger partial charge in [0.2, 0.25) is 0 Å². The van der Waals surface area contributed by atoms with Crippen molar-refractivity contribution in [1.82, 2.24) is 5.32 Å². The quantitative estimate of drug-likeness (QED) is 0.742. The predicted molar refractivity (Wildman–Crippen MR) is 87.0 cm³/mol. The van der Waals surface area contributed by atoms with Crippen LogP contribution < -0.4 is 5.32 Å². The van der Waals surface area contributed by atoms with Gasteiger partial charge in [-0.2, -0.15) is 0 Å². The van der Waals surface area contributed by atoms with E-state index in [4.69, 9.17) is 0 Å². The molecule has 0 aliphatic heterocycles. The molecule has 1 nitrogen and oxygen atoms in total. The molecule has 1 saturated carbocycles. The third kappa shape index (κ3) is 2.85. The average molecular weight is 387 g/mol. The van der Waals surface area contributed by atoms with E-state index in [2.05, 4.69) is 40.0 Å². The highest BCUT2D eigenvalue weighted by atomic mass is 127. The first-order valence-corrected chi connectivity index (χ1v) is 8.31. The van der Waals surface area contributed by atoms with Crippen molar-refractivity contribution in [2.45, 2.75) is 18.9 Å². The number of hydrogen-bond acceptors (Lipinski definition) is 2. The van der Waals surface area contributed by atoms with Crippen LogP contribution in [-0.2, 0) is 0 Å². The van der Waals surface area contributed by atoms with Crippen LogP contribution in [0.1, 0.15) is 23.8 Å². The van der Waals surface area contributed by atoms with Crippen molar-refractivity contribution in [3.8, 4) is 10.4 Å². The molecule has 1 unspecified atom stereocenters. The highest BCUT2D eigenvalue weighted by molar-refractivity contribution is 14.1. The molecule has 0 bridgehead atoms. The van der Waals surface area contributed by atoms with Gasteiger partial charge in [0.25, 0.3) is 0 Å². The molecule has 0 saturated heterocycles. The molecule has 1 aliphatic rings. The molecule has 1 atom stereocenters. The van der Waals surface area contributed by atoms with E-state index in [0.29, 0.717) is 6.04 Å². The van der Waals surface area contributed by atoms with Crippen molar-refractivity contribution < 1.29 is 4.39 Å². The predicted octanol–water partition coefficient (Wildman–Crippen LogP) is 4.83. The van der Waals surface area contributed by atoms with Gasteiger partial charge in [0.1, 0.15) is 5.82 Å². The highest BCUT2D eigenvalue weighted by Gasteiger charge is 2.32. The monoisotopic (exact) mass is 387 g/mol. The number of nitrogens with one attached hydrogen (secondary N) is 1. The van der Waals surface area contributed by atoms with Gasteiger partial charge >= 0.3 is 0 Å². The van der Waals surface area contributed by atoms with Crippen LogP contribution in [0.2, 0.25) is 0 Å². The molecule has 19 heavy (non-hydrogen) atoms. The molecular formula is C15H15FINS. The Labute approximate surface area is 130 Å². The maximum absolute atomic E-state index is 13.2. The Kier molecular flexibility index (Phi) is 3.91. The van der Waals surface area contributed by atoms with Crippen molar-refractivity contribution in [3.05, 3.63) is 44.6 Å². The van der Waals surface area contributed by atoms with Gasteiger partial charge in [-0.25, -0.2) is 4.39 Å². The molecule has 0 spiro atoms. The number of hydrogen-bond donors (Lipinski definition) is 1. The van der Waals surface area contributed by atoms with Crippen LogP contribution >= 0.6 is 33.9 Å². The number of benzene rings is 1. The van der Waals surface area contributed by atoms with Crippen LogP contribution in [0.4, 0.5) is 4.39 Å². The summed E-state index contributed by atoms with van der Waals surface area (Å²) in [5.41, 5.74) is 1.13. The van der Waals surface area contributed by atoms with Crippen LogP contribution in [0, 0.1) is 15.3 Å². The molecule has 1 aromatic carbocycles. The highest BCUT2D eigenvalue weighted by Crippen LogP contribution is 2.44. The zero-order chi connectivity index (χ0) is 13.4. The second kappa shape index (κ2) is 5.50. The van der Waals surface area contributed by atoms with Crippen molar-refractivity contribution in [2.75, 3.05) is 7.05 Å². The summed E-state index contributed by atoms with van der Waals surface area (Å²) in [5, 5.41) is 3.42. The maximum atomic E-state index is 13.2. The zero-order valence-corrected chi connectivity index (χ0v) is 13.6. The lowest BCUT2D eigenvalue weighted by atomic mass is 10.1. The summed E-state index contributed by atoms with van der Waals surface area (Å²) in [7, 11) is 2.03.